The van der Waals surface area contributed by atoms with Crippen molar-refractivity contribution in [2.45, 2.75) is 38.3 Å². The molecule has 17 heavy (non-hydrogen) atoms. The molecule has 0 saturated heterocycles. The second kappa shape index (κ2) is 5.78. The van der Waals surface area contributed by atoms with E-state index < -0.39 is 0 Å². The Hall–Kier alpha value is -0.670. The summed E-state index contributed by atoms with van der Waals surface area (Å²) < 4.78 is 13.8. The van der Waals surface area contributed by atoms with E-state index in [1.807, 2.05) is 6.07 Å². The van der Waals surface area contributed by atoms with E-state index in [9.17, 15) is 4.39 Å². The van der Waals surface area contributed by atoms with Crippen LogP contribution in [0.1, 0.15) is 37.8 Å². The van der Waals surface area contributed by atoms with Gasteiger partial charge in [-0.15, -0.1) is 0 Å². The zero-order valence-corrected chi connectivity index (χ0v) is 11.5. The van der Waals surface area contributed by atoms with Crippen LogP contribution in [-0.2, 0) is 0 Å². The van der Waals surface area contributed by atoms with Crippen molar-refractivity contribution in [1.29, 1.82) is 0 Å². The Balaban J connectivity index is 2.03. The predicted molar refractivity (Wildman–Crippen MR) is 72.4 cm³/mol. The number of allylic oxidation sites excluding steroid dienone is 1. The maximum Gasteiger partial charge on any atom is 0.124 e. The molecule has 2 rings (SSSR count). The molecule has 2 unspecified atom stereocenters. The van der Waals surface area contributed by atoms with E-state index in [4.69, 9.17) is 0 Å². The molecular formula is C14H17BrFN. The number of hydrogen-bond donors (Lipinski definition) is 1. The molecule has 1 N–H and O–H groups in total. The van der Waals surface area contributed by atoms with Crippen LogP contribution in [-0.4, -0.2) is 6.04 Å². The van der Waals surface area contributed by atoms with Gasteiger partial charge in [-0.1, -0.05) is 34.1 Å². The fourth-order valence-electron chi connectivity index (χ4n) is 2.24. The molecule has 1 aromatic carbocycles. The van der Waals surface area contributed by atoms with Gasteiger partial charge in [0.05, 0.1) is 0 Å². The van der Waals surface area contributed by atoms with E-state index in [1.165, 1.54) is 18.6 Å². The molecule has 3 heteroatoms. The smallest absolute Gasteiger partial charge is 0.124 e. The largest absolute Gasteiger partial charge is 0.307 e. The van der Waals surface area contributed by atoms with Crippen molar-refractivity contribution in [2.75, 3.05) is 0 Å². The van der Waals surface area contributed by atoms with Gasteiger partial charge in [0.15, 0.2) is 0 Å². The normalized spacial score (nSPS) is 21.5. The Morgan fingerprint density at radius 3 is 2.88 bits per heavy atom. The van der Waals surface area contributed by atoms with Gasteiger partial charge in [0.25, 0.3) is 0 Å². The number of halogens is 2. The summed E-state index contributed by atoms with van der Waals surface area (Å²) in [7, 11) is 0. The molecular weight excluding hydrogens is 281 g/mol. The topological polar surface area (TPSA) is 12.0 Å². The molecule has 0 bridgehead atoms. The average Bonchev–Trinajstić information content (AvgIpc) is 2.30. The van der Waals surface area contributed by atoms with Crippen LogP contribution in [0.15, 0.2) is 34.8 Å². The van der Waals surface area contributed by atoms with Crippen molar-refractivity contribution in [3.05, 3.63) is 46.2 Å². The van der Waals surface area contributed by atoms with Crippen molar-refractivity contribution < 1.29 is 4.39 Å². The fraction of sp³-hybridized carbons (Fsp3) is 0.429. The van der Waals surface area contributed by atoms with E-state index in [0.29, 0.717) is 6.04 Å². The minimum atomic E-state index is -0.201. The van der Waals surface area contributed by atoms with Crippen LogP contribution < -0.4 is 5.32 Å². The maximum atomic E-state index is 13.0. The summed E-state index contributed by atoms with van der Waals surface area (Å²) in [6, 6.07) is 5.65. The van der Waals surface area contributed by atoms with Crippen LogP contribution in [0.5, 0.6) is 0 Å². The Kier molecular flexibility index (Phi) is 4.35. The van der Waals surface area contributed by atoms with Gasteiger partial charge in [0.2, 0.25) is 0 Å². The Morgan fingerprint density at radius 2 is 2.24 bits per heavy atom. The van der Waals surface area contributed by atoms with Crippen LogP contribution in [0.3, 0.4) is 0 Å². The van der Waals surface area contributed by atoms with Gasteiger partial charge >= 0.3 is 0 Å². The fourth-order valence-corrected chi connectivity index (χ4v) is 2.94. The molecule has 92 valence electrons. The van der Waals surface area contributed by atoms with Crippen LogP contribution in [0, 0.1) is 5.82 Å². The molecule has 1 nitrogen and oxygen atoms in total. The minimum Gasteiger partial charge on any atom is -0.307 e. The number of rotatable bonds is 3. The number of hydrogen-bond acceptors (Lipinski definition) is 1. The molecule has 2 atom stereocenters. The first kappa shape index (κ1) is 12.8. The van der Waals surface area contributed by atoms with Crippen molar-refractivity contribution in [3.63, 3.8) is 0 Å². The Morgan fingerprint density at radius 1 is 1.41 bits per heavy atom. The first-order chi connectivity index (χ1) is 8.16. The lowest BCUT2D eigenvalue weighted by Gasteiger charge is -2.25. The Labute approximate surface area is 110 Å². The van der Waals surface area contributed by atoms with Gasteiger partial charge in [0, 0.05) is 16.6 Å². The van der Waals surface area contributed by atoms with Crippen LogP contribution in [0.2, 0.25) is 0 Å². The van der Waals surface area contributed by atoms with E-state index in [-0.39, 0.29) is 11.9 Å². The second-order valence-electron chi connectivity index (χ2n) is 4.54. The van der Waals surface area contributed by atoms with E-state index in [2.05, 4.69) is 40.3 Å². The summed E-state index contributed by atoms with van der Waals surface area (Å²) in [5.74, 6) is -0.201. The zero-order valence-electron chi connectivity index (χ0n) is 9.92. The highest BCUT2D eigenvalue weighted by molar-refractivity contribution is 9.10. The predicted octanol–water partition coefficient (Wildman–Crippen LogP) is 4.35. The maximum absolute atomic E-state index is 13.0. The summed E-state index contributed by atoms with van der Waals surface area (Å²) in [6.45, 7) is 2.12. The summed E-state index contributed by atoms with van der Waals surface area (Å²) in [5, 5.41) is 3.59. The highest BCUT2D eigenvalue weighted by atomic mass is 79.9. The van der Waals surface area contributed by atoms with Gasteiger partial charge in [-0.25, -0.2) is 4.39 Å². The number of nitrogens with one attached hydrogen (secondary N) is 1. The standard InChI is InChI=1S/C14H17BrFN/c1-10(17-12-5-3-2-4-6-12)13-8-7-11(16)9-14(13)15/h2-3,7-10,12,17H,4-6H2,1H3. The van der Waals surface area contributed by atoms with E-state index in [0.717, 1.165) is 22.9 Å². The first-order valence-corrected chi connectivity index (χ1v) is 6.82. The summed E-state index contributed by atoms with van der Waals surface area (Å²) >= 11 is 3.42. The van der Waals surface area contributed by atoms with Gasteiger partial charge in [0.1, 0.15) is 5.82 Å². The lowest BCUT2D eigenvalue weighted by Crippen LogP contribution is -2.32. The highest BCUT2D eigenvalue weighted by Gasteiger charge is 2.15. The monoisotopic (exact) mass is 297 g/mol. The molecule has 0 heterocycles. The SMILES string of the molecule is CC(NC1CC=CCC1)c1ccc(F)cc1Br. The van der Waals surface area contributed by atoms with Crippen LogP contribution in [0.4, 0.5) is 4.39 Å². The van der Waals surface area contributed by atoms with E-state index >= 15 is 0 Å². The third-order valence-corrected chi connectivity index (χ3v) is 3.87. The van der Waals surface area contributed by atoms with Crippen molar-refractivity contribution in [1.82, 2.24) is 5.32 Å². The molecule has 0 radical (unpaired) electrons. The third kappa shape index (κ3) is 3.39. The van der Waals surface area contributed by atoms with Crippen molar-refractivity contribution in [2.24, 2.45) is 0 Å². The van der Waals surface area contributed by atoms with Gasteiger partial charge in [-0.2, -0.15) is 0 Å². The lowest BCUT2D eigenvalue weighted by atomic mass is 9.99. The second-order valence-corrected chi connectivity index (χ2v) is 5.39. The highest BCUT2D eigenvalue weighted by Crippen LogP contribution is 2.25. The number of benzene rings is 1. The molecule has 1 aliphatic carbocycles. The van der Waals surface area contributed by atoms with Gasteiger partial charge in [-0.3, -0.25) is 0 Å². The third-order valence-electron chi connectivity index (χ3n) is 3.18. The molecule has 1 aromatic rings. The first-order valence-electron chi connectivity index (χ1n) is 6.03. The summed E-state index contributed by atoms with van der Waals surface area (Å²) in [4.78, 5) is 0. The van der Waals surface area contributed by atoms with Crippen molar-refractivity contribution >= 4 is 15.9 Å². The molecule has 0 fully saturated rings. The molecule has 0 amide bonds. The van der Waals surface area contributed by atoms with E-state index in [1.54, 1.807) is 0 Å². The summed E-state index contributed by atoms with van der Waals surface area (Å²) in [6.07, 6.45) is 7.88. The molecule has 0 saturated carbocycles. The molecule has 0 aromatic heterocycles. The molecule has 0 spiro atoms. The van der Waals surface area contributed by atoms with Crippen LogP contribution >= 0.6 is 15.9 Å². The lowest BCUT2D eigenvalue weighted by molar-refractivity contribution is 0.425. The minimum absolute atomic E-state index is 0.201. The van der Waals surface area contributed by atoms with Crippen LogP contribution in [0.25, 0.3) is 0 Å². The Bertz CT molecular complexity index is 417. The van der Waals surface area contributed by atoms with Gasteiger partial charge in [-0.05, 0) is 43.9 Å². The quantitative estimate of drug-likeness (QED) is 0.818. The average molecular weight is 298 g/mol. The molecule has 0 aliphatic heterocycles. The zero-order chi connectivity index (χ0) is 12.3. The van der Waals surface area contributed by atoms with Gasteiger partial charge < -0.3 is 5.32 Å². The molecule has 1 aliphatic rings. The summed E-state index contributed by atoms with van der Waals surface area (Å²) in [5.41, 5.74) is 1.11. The van der Waals surface area contributed by atoms with Crippen molar-refractivity contribution in [3.8, 4) is 0 Å².